The highest BCUT2D eigenvalue weighted by atomic mass is 16.8. The zero-order chi connectivity index (χ0) is 55.3. The van der Waals surface area contributed by atoms with E-state index in [-0.39, 0.29) is 17.1 Å². The molecule has 8 rings (SSSR count). The lowest BCUT2D eigenvalue weighted by atomic mass is 9.96. The van der Waals surface area contributed by atoms with Gasteiger partial charge in [0.2, 0.25) is 17.5 Å². The van der Waals surface area contributed by atoms with Crippen molar-refractivity contribution in [3.8, 4) is 40.1 Å². The van der Waals surface area contributed by atoms with E-state index in [9.17, 15) is 91.6 Å². The Labute approximate surface area is 428 Å². The molecule has 0 saturated carbocycles. The van der Waals surface area contributed by atoms with Crippen LogP contribution in [0.3, 0.4) is 0 Å². The summed E-state index contributed by atoms with van der Waals surface area (Å²) in [6.45, 7) is -0.0144. The van der Waals surface area contributed by atoms with Crippen LogP contribution in [0.2, 0.25) is 0 Å². The maximum Gasteiger partial charge on any atom is 0.239 e. The Hall–Kier alpha value is -4.27. The summed E-state index contributed by atoms with van der Waals surface area (Å²) in [5.74, 6) is -3.21. The van der Waals surface area contributed by atoms with E-state index in [0.717, 1.165) is 18.2 Å². The van der Waals surface area contributed by atoms with Crippen LogP contribution in [0.25, 0.3) is 22.3 Å². The van der Waals surface area contributed by atoms with Gasteiger partial charge in [-0.15, -0.1) is 0 Å². The van der Waals surface area contributed by atoms with Gasteiger partial charge in [0.15, 0.2) is 48.5 Å². The first kappa shape index (κ1) is 57.9. The van der Waals surface area contributed by atoms with Gasteiger partial charge < -0.3 is 143 Å². The van der Waals surface area contributed by atoms with E-state index in [1.807, 2.05) is 0 Å². The number of benzene rings is 2. The molecular formula is C46H62O30. The quantitative estimate of drug-likeness (QED) is 0.0672. The summed E-state index contributed by atoms with van der Waals surface area (Å²) < 4.78 is 69.6. The van der Waals surface area contributed by atoms with Gasteiger partial charge in [0.05, 0.1) is 39.1 Å². The predicted molar refractivity (Wildman–Crippen MR) is 242 cm³/mol. The van der Waals surface area contributed by atoms with Crippen LogP contribution in [0, 0.1) is 0 Å². The number of fused-ring (bicyclic) bond motifs is 1. The van der Waals surface area contributed by atoms with Crippen molar-refractivity contribution >= 4 is 11.0 Å². The second kappa shape index (κ2) is 23.6. The van der Waals surface area contributed by atoms with Crippen LogP contribution in [-0.4, -0.2) is 267 Å². The highest BCUT2D eigenvalue weighted by molar-refractivity contribution is 5.88. The number of aliphatic hydroxyl groups is 14. The second-order valence-corrected chi connectivity index (χ2v) is 18.9. The summed E-state index contributed by atoms with van der Waals surface area (Å²) in [6.07, 6.45) is -46.5. The van der Waals surface area contributed by atoms with Crippen molar-refractivity contribution in [3.05, 3.63) is 40.6 Å². The molecule has 5 aliphatic rings. The molecule has 0 amide bonds. The number of aliphatic hydroxyl groups excluding tert-OH is 14. The van der Waals surface area contributed by atoms with Gasteiger partial charge in [-0.05, 0) is 32.0 Å². The van der Waals surface area contributed by atoms with Gasteiger partial charge in [0, 0.05) is 17.7 Å². The molecule has 76 heavy (non-hydrogen) atoms. The van der Waals surface area contributed by atoms with Crippen LogP contribution in [0.1, 0.15) is 13.8 Å². The number of rotatable bonds is 15. The van der Waals surface area contributed by atoms with Crippen molar-refractivity contribution in [2.24, 2.45) is 0 Å². The molecule has 30 heteroatoms. The highest BCUT2D eigenvalue weighted by Gasteiger charge is 2.56. The molecule has 0 aliphatic carbocycles. The third-order valence-corrected chi connectivity index (χ3v) is 13.8. The van der Waals surface area contributed by atoms with E-state index in [2.05, 4.69) is 0 Å². The predicted octanol–water partition coefficient (Wildman–Crippen LogP) is -6.88. The lowest BCUT2D eigenvalue weighted by Gasteiger charge is -2.48. The second-order valence-electron chi connectivity index (χ2n) is 18.9. The molecule has 5 saturated heterocycles. The summed E-state index contributed by atoms with van der Waals surface area (Å²) >= 11 is 0. The summed E-state index contributed by atoms with van der Waals surface area (Å²) in [6, 6.07) is 5.39. The Kier molecular flexibility index (Phi) is 18.0. The largest absolute Gasteiger partial charge is 0.508 e. The van der Waals surface area contributed by atoms with E-state index in [0.29, 0.717) is 0 Å². The Bertz CT molecular complexity index is 2490. The molecule has 30 nitrogen and oxygen atoms in total. The Morgan fingerprint density at radius 2 is 1.03 bits per heavy atom. The van der Waals surface area contributed by atoms with E-state index >= 15 is 0 Å². The number of phenols is 3. The number of phenolic OH excluding ortho intramolecular Hbond substituents is 3. The minimum atomic E-state index is -2.26. The molecule has 5 aliphatic heterocycles. The van der Waals surface area contributed by atoms with Crippen LogP contribution < -0.4 is 14.9 Å². The first-order chi connectivity index (χ1) is 36.0. The van der Waals surface area contributed by atoms with Gasteiger partial charge in [-0.25, -0.2) is 0 Å². The lowest BCUT2D eigenvalue weighted by molar-refractivity contribution is -0.383. The van der Waals surface area contributed by atoms with Crippen LogP contribution >= 0.6 is 0 Å². The molecule has 5 fully saturated rings. The van der Waals surface area contributed by atoms with Gasteiger partial charge in [0.25, 0.3) is 0 Å². The third-order valence-electron chi connectivity index (χ3n) is 13.8. The number of methoxy groups -OCH3 is 1. The van der Waals surface area contributed by atoms with Gasteiger partial charge in [-0.3, -0.25) is 4.79 Å². The van der Waals surface area contributed by atoms with Crippen LogP contribution in [-0.2, 0) is 42.6 Å². The number of aromatic hydroxyl groups is 3. The number of hydrogen-bond donors (Lipinski definition) is 17. The fourth-order valence-corrected chi connectivity index (χ4v) is 9.35. The highest BCUT2D eigenvalue weighted by Crippen LogP contribution is 2.41. The first-order valence-corrected chi connectivity index (χ1v) is 23.8. The zero-order valence-electron chi connectivity index (χ0n) is 40.4. The SMILES string of the molecule is COc1cc(-c2oc3cc(O)cc(O)c3c(=O)c2OC2OC(COC3OC(C)C(O)C(O)C3OC3OC(CO)C(O)C(O)C3O)C(O)C(O)C2OC2OC(C)C(O)C(OC3OC(CO)C(O)C(O)C3O)C2O)ccc1O. The van der Waals surface area contributed by atoms with Crippen LogP contribution in [0.4, 0.5) is 0 Å². The molecule has 0 bridgehead atoms. The molecular weight excluding hydrogens is 1030 g/mol. The van der Waals surface area contributed by atoms with Gasteiger partial charge >= 0.3 is 0 Å². The third kappa shape index (κ3) is 11.2. The topological polar surface area (TPSA) is 476 Å². The fraction of sp³-hybridized carbons (Fsp3) is 0.674. The van der Waals surface area contributed by atoms with Gasteiger partial charge in [-0.2, -0.15) is 0 Å². The average Bonchev–Trinajstić information content (AvgIpc) is 3.41. The van der Waals surface area contributed by atoms with Crippen molar-refractivity contribution in [1.82, 2.24) is 0 Å². The minimum absolute atomic E-state index is 0.0583. The lowest BCUT2D eigenvalue weighted by Crippen LogP contribution is -2.67. The van der Waals surface area contributed by atoms with Gasteiger partial charge in [0.1, 0.15) is 126 Å². The van der Waals surface area contributed by atoms with Crippen molar-refractivity contribution in [1.29, 1.82) is 0 Å². The van der Waals surface area contributed by atoms with Crippen LogP contribution in [0.5, 0.6) is 28.7 Å². The summed E-state index contributed by atoms with van der Waals surface area (Å²) in [7, 11) is 1.21. The summed E-state index contributed by atoms with van der Waals surface area (Å²) in [4.78, 5) is 14.6. The fourth-order valence-electron chi connectivity index (χ4n) is 9.35. The number of hydrogen-bond acceptors (Lipinski definition) is 30. The van der Waals surface area contributed by atoms with E-state index in [4.69, 9.17) is 56.5 Å². The molecule has 3 aromatic rings. The molecule has 0 spiro atoms. The van der Waals surface area contributed by atoms with Crippen molar-refractivity contribution in [2.45, 2.75) is 167 Å². The maximum absolute atomic E-state index is 14.6. The number of ether oxygens (including phenoxy) is 11. The first-order valence-electron chi connectivity index (χ1n) is 23.8. The summed E-state index contributed by atoms with van der Waals surface area (Å²) in [5, 5.41) is 182. The monoisotopic (exact) mass is 1090 g/mol. The minimum Gasteiger partial charge on any atom is -0.508 e. The Balaban J connectivity index is 1.14. The zero-order valence-corrected chi connectivity index (χ0v) is 40.4. The molecule has 17 N–H and O–H groups in total. The van der Waals surface area contributed by atoms with Crippen molar-refractivity contribution in [3.63, 3.8) is 0 Å². The van der Waals surface area contributed by atoms with Crippen molar-refractivity contribution < 1.29 is 143 Å². The molecule has 25 unspecified atom stereocenters. The smallest absolute Gasteiger partial charge is 0.239 e. The normalized spacial score (nSPS) is 42.2. The van der Waals surface area contributed by atoms with E-state index in [1.165, 1.54) is 33.1 Å². The standard InChI is InChI=1S/C46H62O30/c1-12-24(52)32(60)40(75-43-35(63)31(59)27(55)21(10-48)71-43)45(68-12)66-11-22-28(56)33(61)41(76-44-36(64)38(25(53)13(2)67-44)73-42-34(62)30(58)26(54)20(9-47)70-42)46(72-22)74-39-29(57)23-17(51)7-15(49)8-19(23)69-37(39)14-4-5-16(50)18(6-14)65-3/h4-8,12-13,20-22,24-28,30-36,38,40-56,58-64H,9-11H2,1-3H3. The summed E-state index contributed by atoms with van der Waals surface area (Å²) in [5.41, 5.74) is -1.63. The van der Waals surface area contributed by atoms with E-state index in [1.54, 1.807) is 0 Å². The molecule has 426 valence electrons. The molecule has 25 atom stereocenters. The molecule has 6 heterocycles. The molecule has 0 radical (unpaired) electrons. The van der Waals surface area contributed by atoms with E-state index < -0.39 is 213 Å². The molecule has 2 aromatic carbocycles. The van der Waals surface area contributed by atoms with Crippen LogP contribution in [0.15, 0.2) is 39.5 Å². The Morgan fingerprint density at radius 3 is 1.62 bits per heavy atom. The van der Waals surface area contributed by atoms with Gasteiger partial charge in [-0.1, -0.05) is 0 Å². The average molecular weight is 1090 g/mol. The Morgan fingerprint density at radius 1 is 0.513 bits per heavy atom. The maximum atomic E-state index is 14.6. The van der Waals surface area contributed by atoms with Crippen molar-refractivity contribution in [2.75, 3.05) is 26.9 Å². The molecule has 1 aromatic heterocycles.